The smallest absolute Gasteiger partial charge is 0.276 e. The lowest BCUT2D eigenvalue weighted by Gasteiger charge is -1.95. The van der Waals surface area contributed by atoms with Crippen molar-refractivity contribution < 1.29 is 4.52 Å². The van der Waals surface area contributed by atoms with Gasteiger partial charge in [0.25, 0.3) is 5.89 Å². The summed E-state index contributed by atoms with van der Waals surface area (Å²) in [7, 11) is 0. The van der Waals surface area contributed by atoms with Crippen molar-refractivity contribution in [2.24, 2.45) is 0 Å². The van der Waals surface area contributed by atoms with E-state index < -0.39 is 0 Å². The van der Waals surface area contributed by atoms with E-state index in [1.165, 1.54) is 4.88 Å². The van der Waals surface area contributed by atoms with E-state index in [0.29, 0.717) is 23.9 Å². The first-order valence-electron chi connectivity index (χ1n) is 6.46. The van der Waals surface area contributed by atoms with Gasteiger partial charge in [-0.25, -0.2) is 9.97 Å². The van der Waals surface area contributed by atoms with Gasteiger partial charge in [0, 0.05) is 23.7 Å². The maximum absolute atomic E-state index is 5.40. The molecule has 0 N–H and O–H groups in total. The third kappa shape index (κ3) is 2.11. The highest BCUT2D eigenvalue weighted by Crippen LogP contribution is 2.23. The van der Waals surface area contributed by atoms with E-state index in [0.717, 1.165) is 11.4 Å². The normalized spacial score (nSPS) is 11.3. The summed E-state index contributed by atoms with van der Waals surface area (Å²) in [5.74, 6) is 1.77. The number of thiophene rings is 1. The Bertz CT molecular complexity index is 893. The predicted octanol–water partition coefficient (Wildman–Crippen LogP) is 2.74. The Kier molecular flexibility index (Phi) is 2.78. The minimum Gasteiger partial charge on any atom is -0.332 e. The molecular formula is C14H11N5OS. The van der Waals surface area contributed by atoms with Gasteiger partial charge in [0.1, 0.15) is 5.69 Å². The van der Waals surface area contributed by atoms with Crippen molar-refractivity contribution >= 4 is 17.1 Å². The summed E-state index contributed by atoms with van der Waals surface area (Å²) in [4.78, 5) is 14.3. The molecule has 0 spiro atoms. The van der Waals surface area contributed by atoms with Crippen molar-refractivity contribution in [1.82, 2.24) is 24.5 Å². The van der Waals surface area contributed by atoms with Crippen LogP contribution < -0.4 is 0 Å². The molecule has 0 saturated carbocycles. The van der Waals surface area contributed by atoms with Crippen molar-refractivity contribution in [1.29, 1.82) is 0 Å². The second-order valence-electron chi connectivity index (χ2n) is 4.61. The molecule has 4 heterocycles. The third-order valence-electron chi connectivity index (χ3n) is 3.16. The molecule has 0 amide bonds. The van der Waals surface area contributed by atoms with Crippen molar-refractivity contribution in [2.45, 2.75) is 13.3 Å². The van der Waals surface area contributed by atoms with Crippen LogP contribution in [0.1, 0.15) is 16.4 Å². The zero-order valence-corrected chi connectivity index (χ0v) is 12.0. The molecule has 0 aromatic carbocycles. The van der Waals surface area contributed by atoms with Crippen LogP contribution in [0.2, 0.25) is 0 Å². The summed E-state index contributed by atoms with van der Waals surface area (Å²) < 4.78 is 7.26. The second kappa shape index (κ2) is 4.78. The van der Waals surface area contributed by atoms with Gasteiger partial charge < -0.3 is 4.52 Å². The largest absolute Gasteiger partial charge is 0.332 e. The molecule has 6 nitrogen and oxygen atoms in total. The van der Waals surface area contributed by atoms with Crippen LogP contribution >= 0.6 is 11.3 Å². The first-order valence-corrected chi connectivity index (χ1v) is 7.34. The molecule has 0 unspecified atom stereocenters. The van der Waals surface area contributed by atoms with Crippen LogP contribution in [-0.2, 0) is 6.42 Å². The number of aromatic nitrogens is 5. The fourth-order valence-electron chi connectivity index (χ4n) is 2.25. The second-order valence-corrected chi connectivity index (χ2v) is 5.64. The Labute approximate surface area is 124 Å². The fourth-order valence-corrected chi connectivity index (χ4v) is 2.95. The van der Waals surface area contributed by atoms with Gasteiger partial charge in [-0.1, -0.05) is 11.2 Å². The zero-order chi connectivity index (χ0) is 14.2. The Balaban J connectivity index is 1.76. The van der Waals surface area contributed by atoms with Crippen molar-refractivity contribution in [3.8, 4) is 11.6 Å². The average Bonchev–Trinajstić information content (AvgIpc) is 3.18. The summed E-state index contributed by atoms with van der Waals surface area (Å²) in [6.07, 6.45) is 4.28. The van der Waals surface area contributed by atoms with Gasteiger partial charge in [-0.2, -0.15) is 4.98 Å². The third-order valence-corrected chi connectivity index (χ3v) is 4.04. The number of nitrogens with zero attached hydrogens (tertiary/aromatic N) is 5. The summed E-state index contributed by atoms with van der Waals surface area (Å²) in [5.41, 5.74) is 1.61. The number of hydrogen-bond acceptors (Lipinski definition) is 6. The Morgan fingerprint density at radius 3 is 3.10 bits per heavy atom. The van der Waals surface area contributed by atoms with E-state index in [4.69, 9.17) is 4.52 Å². The van der Waals surface area contributed by atoms with E-state index in [9.17, 15) is 0 Å². The van der Waals surface area contributed by atoms with Crippen molar-refractivity contribution in [3.63, 3.8) is 0 Å². The number of hydrogen-bond donors (Lipinski definition) is 0. The molecule has 0 radical (unpaired) electrons. The van der Waals surface area contributed by atoms with Gasteiger partial charge >= 0.3 is 0 Å². The summed E-state index contributed by atoms with van der Waals surface area (Å²) in [6.45, 7) is 1.91. The first-order chi connectivity index (χ1) is 10.3. The molecule has 7 heteroatoms. The maximum atomic E-state index is 5.40. The predicted molar refractivity (Wildman–Crippen MR) is 78.1 cm³/mol. The topological polar surface area (TPSA) is 69.1 Å². The maximum Gasteiger partial charge on any atom is 0.276 e. The molecule has 4 aromatic heterocycles. The molecule has 4 aromatic rings. The van der Waals surface area contributed by atoms with Gasteiger partial charge in [-0.3, -0.25) is 4.40 Å². The molecule has 4 rings (SSSR count). The molecule has 0 aliphatic heterocycles. The quantitative estimate of drug-likeness (QED) is 0.581. The average molecular weight is 297 g/mol. The molecular weight excluding hydrogens is 286 g/mol. The van der Waals surface area contributed by atoms with E-state index >= 15 is 0 Å². The molecule has 104 valence electrons. The van der Waals surface area contributed by atoms with Gasteiger partial charge in [-0.15, -0.1) is 11.3 Å². The Hall–Kier alpha value is -2.54. The number of fused-ring (bicyclic) bond motifs is 1. The van der Waals surface area contributed by atoms with Gasteiger partial charge in [0.05, 0.1) is 5.69 Å². The zero-order valence-electron chi connectivity index (χ0n) is 11.2. The molecule has 0 bridgehead atoms. The highest BCUT2D eigenvalue weighted by atomic mass is 32.1. The van der Waals surface area contributed by atoms with E-state index in [1.54, 1.807) is 17.5 Å². The molecule has 0 saturated heterocycles. The molecule has 0 fully saturated rings. The van der Waals surface area contributed by atoms with Crippen LogP contribution in [0, 0.1) is 6.92 Å². The summed E-state index contributed by atoms with van der Waals surface area (Å²) >= 11 is 1.68. The van der Waals surface area contributed by atoms with E-state index in [-0.39, 0.29) is 0 Å². The lowest BCUT2D eigenvalue weighted by Crippen LogP contribution is -1.91. The Morgan fingerprint density at radius 1 is 1.29 bits per heavy atom. The van der Waals surface area contributed by atoms with Crippen molar-refractivity contribution in [3.05, 3.63) is 52.4 Å². The lowest BCUT2D eigenvalue weighted by molar-refractivity contribution is 0.422. The van der Waals surface area contributed by atoms with Crippen LogP contribution in [0.15, 0.2) is 40.5 Å². The van der Waals surface area contributed by atoms with Crippen LogP contribution in [0.3, 0.4) is 0 Å². The number of rotatable bonds is 3. The van der Waals surface area contributed by atoms with Gasteiger partial charge in [0.2, 0.25) is 5.78 Å². The fraction of sp³-hybridized carbons (Fsp3) is 0.143. The Morgan fingerprint density at radius 2 is 2.24 bits per heavy atom. The highest BCUT2D eigenvalue weighted by molar-refractivity contribution is 7.09. The molecule has 0 atom stereocenters. The van der Waals surface area contributed by atoms with Crippen LogP contribution in [0.5, 0.6) is 0 Å². The highest BCUT2D eigenvalue weighted by Gasteiger charge is 2.18. The molecule has 0 aliphatic carbocycles. The standard InChI is InChI=1S/C14H11N5OS/c1-9-12(19-6-3-5-15-14(19)16-9)13-17-11(18-20-13)8-10-4-2-7-21-10/h2-7H,8H2,1H3. The molecule has 21 heavy (non-hydrogen) atoms. The van der Waals surface area contributed by atoms with E-state index in [2.05, 4.69) is 26.2 Å². The minimum atomic E-state index is 0.472. The van der Waals surface area contributed by atoms with Gasteiger partial charge in [-0.05, 0) is 24.4 Å². The van der Waals surface area contributed by atoms with Crippen LogP contribution in [-0.4, -0.2) is 24.5 Å². The van der Waals surface area contributed by atoms with Crippen LogP contribution in [0.25, 0.3) is 17.4 Å². The van der Waals surface area contributed by atoms with Crippen LogP contribution in [0.4, 0.5) is 0 Å². The SMILES string of the molecule is Cc1nc2ncccn2c1-c1nc(Cc2cccs2)no1. The lowest BCUT2D eigenvalue weighted by atomic mass is 10.3. The number of aryl methyl sites for hydroxylation is 1. The van der Waals surface area contributed by atoms with E-state index in [1.807, 2.05) is 35.0 Å². The van der Waals surface area contributed by atoms with Crippen molar-refractivity contribution in [2.75, 3.05) is 0 Å². The summed E-state index contributed by atoms with van der Waals surface area (Å²) in [6, 6.07) is 5.92. The first kappa shape index (κ1) is 12.2. The molecule has 0 aliphatic rings. The monoisotopic (exact) mass is 297 g/mol. The number of imidazole rings is 1. The minimum absolute atomic E-state index is 0.472. The van der Waals surface area contributed by atoms with Gasteiger partial charge in [0.15, 0.2) is 5.82 Å². The summed E-state index contributed by atoms with van der Waals surface area (Å²) in [5, 5.41) is 6.09.